The van der Waals surface area contributed by atoms with Gasteiger partial charge >= 0.3 is 7.60 Å². The molecule has 3 nitrogen and oxygen atoms in total. The van der Waals surface area contributed by atoms with Crippen molar-refractivity contribution in [2.75, 3.05) is 13.2 Å². The van der Waals surface area contributed by atoms with Crippen LogP contribution in [0.4, 0.5) is 0 Å². The summed E-state index contributed by atoms with van der Waals surface area (Å²) in [6.07, 6.45) is 0. The maximum Gasteiger partial charge on any atom is 0.352 e. The standard InChI is InChI=1S/C13H18ClO3P/c1-10-4-6-11(7-5-10)12(14)18(15)16-8-13(2,3)9-17-18/h4-7,12H,8-9H2,1-3H3. The predicted molar refractivity (Wildman–Crippen MR) is 73.1 cm³/mol. The van der Waals surface area contributed by atoms with Crippen LogP contribution in [0.2, 0.25) is 0 Å². The first-order chi connectivity index (χ1) is 8.32. The molecule has 0 bridgehead atoms. The van der Waals surface area contributed by atoms with E-state index < -0.39 is 12.7 Å². The molecule has 1 heterocycles. The predicted octanol–water partition coefficient (Wildman–Crippen LogP) is 4.50. The summed E-state index contributed by atoms with van der Waals surface area (Å²) in [5, 5.41) is -0.741. The van der Waals surface area contributed by atoms with Gasteiger partial charge in [0.15, 0.2) is 5.12 Å². The van der Waals surface area contributed by atoms with Crippen LogP contribution in [0.25, 0.3) is 0 Å². The van der Waals surface area contributed by atoms with Crippen molar-refractivity contribution in [3.8, 4) is 0 Å². The van der Waals surface area contributed by atoms with E-state index in [2.05, 4.69) is 0 Å². The third-order valence-corrected chi connectivity index (χ3v) is 5.70. The van der Waals surface area contributed by atoms with Gasteiger partial charge in [0, 0.05) is 5.41 Å². The minimum atomic E-state index is -3.26. The lowest BCUT2D eigenvalue weighted by molar-refractivity contribution is 0.0403. The van der Waals surface area contributed by atoms with Gasteiger partial charge in [0.05, 0.1) is 13.2 Å². The smallest absolute Gasteiger partial charge is 0.307 e. The van der Waals surface area contributed by atoms with Gasteiger partial charge in [-0.05, 0) is 12.5 Å². The van der Waals surface area contributed by atoms with Crippen LogP contribution in [0.1, 0.15) is 30.1 Å². The fraction of sp³-hybridized carbons (Fsp3) is 0.538. The van der Waals surface area contributed by atoms with Crippen molar-refractivity contribution in [3.05, 3.63) is 35.4 Å². The van der Waals surface area contributed by atoms with E-state index in [0.717, 1.165) is 11.1 Å². The molecule has 100 valence electrons. The molecular weight excluding hydrogens is 271 g/mol. The largest absolute Gasteiger partial charge is 0.352 e. The molecule has 0 N–H and O–H groups in total. The van der Waals surface area contributed by atoms with Crippen LogP contribution in [0.15, 0.2) is 24.3 Å². The minimum Gasteiger partial charge on any atom is -0.307 e. The zero-order valence-electron chi connectivity index (χ0n) is 10.9. The van der Waals surface area contributed by atoms with E-state index in [1.165, 1.54) is 0 Å². The van der Waals surface area contributed by atoms with Crippen LogP contribution in [-0.2, 0) is 13.6 Å². The summed E-state index contributed by atoms with van der Waals surface area (Å²) < 4.78 is 23.4. The molecule has 1 aromatic rings. The molecule has 18 heavy (non-hydrogen) atoms. The summed E-state index contributed by atoms with van der Waals surface area (Å²) in [6, 6.07) is 7.59. The number of hydrogen-bond acceptors (Lipinski definition) is 3. The second-order valence-corrected chi connectivity index (χ2v) is 8.35. The molecule has 0 aromatic heterocycles. The first-order valence-electron chi connectivity index (χ1n) is 5.92. The molecule has 0 aliphatic carbocycles. The zero-order valence-corrected chi connectivity index (χ0v) is 12.5. The van der Waals surface area contributed by atoms with Crippen molar-refractivity contribution in [3.63, 3.8) is 0 Å². The summed E-state index contributed by atoms with van der Waals surface area (Å²) >= 11 is 6.26. The summed E-state index contributed by atoms with van der Waals surface area (Å²) in [5.74, 6) is 0. The Kier molecular flexibility index (Phi) is 3.89. The van der Waals surface area contributed by atoms with Crippen molar-refractivity contribution in [1.82, 2.24) is 0 Å². The molecule has 1 unspecified atom stereocenters. The monoisotopic (exact) mass is 288 g/mol. The van der Waals surface area contributed by atoms with Crippen LogP contribution in [0.3, 0.4) is 0 Å². The first kappa shape index (κ1) is 14.1. The molecule has 1 atom stereocenters. The van der Waals surface area contributed by atoms with Crippen LogP contribution in [0, 0.1) is 12.3 Å². The molecule has 0 amide bonds. The van der Waals surface area contributed by atoms with E-state index in [1.807, 2.05) is 45.0 Å². The molecule has 1 saturated heterocycles. The van der Waals surface area contributed by atoms with E-state index in [4.69, 9.17) is 20.6 Å². The fourth-order valence-corrected chi connectivity index (χ4v) is 4.06. The van der Waals surface area contributed by atoms with E-state index in [1.54, 1.807) is 0 Å². The fourth-order valence-electron chi connectivity index (χ4n) is 1.65. The number of halogens is 1. The Hall–Kier alpha value is -0.340. The highest BCUT2D eigenvalue weighted by molar-refractivity contribution is 7.56. The zero-order chi connectivity index (χ0) is 13.4. The van der Waals surface area contributed by atoms with Gasteiger partial charge < -0.3 is 9.05 Å². The van der Waals surface area contributed by atoms with Gasteiger partial charge in [0.25, 0.3) is 0 Å². The lowest BCUT2D eigenvalue weighted by atomic mass is 9.97. The molecule has 1 fully saturated rings. The Morgan fingerprint density at radius 2 is 1.72 bits per heavy atom. The maximum absolute atomic E-state index is 12.5. The molecule has 1 aromatic carbocycles. The molecule has 5 heteroatoms. The molecule has 0 radical (unpaired) electrons. The summed E-state index contributed by atoms with van der Waals surface area (Å²) in [4.78, 5) is 0. The third kappa shape index (κ3) is 2.97. The van der Waals surface area contributed by atoms with E-state index in [9.17, 15) is 4.57 Å². The van der Waals surface area contributed by atoms with Crippen LogP contribution in [0.5, 0.6) is 0 Å². The van der Waals surface area contributed by atoms with Crippen LogP contribution >= 0.6 is 19.2 Å². The van der Waals surface area contributed by atoms with Gasteiger partial charge in [0.2, 0.25) is 0 Å². The van der Waals surface area contributed by atoms with E-state index in [0.29, 0.717) is 13.2 Å². The summed E-state index contributed by atoms with van der Waals surface area (Å²) in [7, 11) is -3.26. The normalized spacial score (nSPS) is 23.6. The Bertz CT molecular complexity index is 456. The molecule has 1 aliphatic heterocycles. The molecule has 2 rings (SSSR count). The highest BCUT2D eigenvalue weighted by Crippen LogP contribution is 2.65. The Balaban J connectivity index is 2.16. The van der Waals surface area contributed by atoms with Gasteiger partial charge in [-0.15, -0.1) is 11.6 Å². The summed E-state index contributed by atoms with van der Waals surface area (Å²) in [5.41, 5.74) is 1.79. The lowest BCUT2D eigenvalue weighted by Crippen LogP contribution is -2.30. The van der Waals surface area contributed by atoms with Gasteiger partial charge in [-0.2, -0.15) is 0 Å². The van der Waals surface area contributed by atoms with E-state index >= 15 is 0 Å². The number of rotatable bonds is 2. The van der Waals surface area contributed by atoms with E-state index in [-0.39, 0.29) is 5.41 Å². The SMILES string of the molecule is Cc1ccc(C(Cl)P2(=O)OCC(C)(C)CO2)cc1. The van der Waals surface area contributed by atoms with Gasteiger partial charge in [-0.3, -0.25) is 4.57 Å². The number of benzene rings is 1. The van der Waals surface area contributed by atoms with Crippen molar-refractivity contribution >= 4 is 19.2 Å². The van der Waals surface area contributed by atoms with Crippen molar-refractivity contribution in [2.45, 2.75) is 25.9 Å². The number of aryl methyl sites for hydroxylation is 1. The van der Waals surface area contributed by atoms with Gasteiger partial charge in [-0.25, -0.2) is 0 Å². The van der Waals surface area contributed by atoms with Crippen molar-refractivity contribution in [1.29, 1.82) is 0 Å². The molecule has 1 aliphatic rings. The summed E-state index contributed by atoms with van der Waals surface area (Å²) in [6.45, 7) is 6.81. The van der Waals surface area contributed by atoms with Crippen LogP contribution in [-0.4, -0.2) is 13.2 Å². The average Bonchev–Trinajstić information content (AvgIpc) is 2.34. The molecule has 0 saturated carbocycles. The Morgan fingerprint density at radius 3 is 2.22 bits per heavy atom. The number of alkyl halides is 1. The van der Waals surface area contributed by atoms with Crippen molar-refractivity contribution in [2.24, 2.45) is 5.41 Å². The highest BCUT2D eigenvalue weighted by atomic mass is 35.5. The van der Waals surface area contributed by atoms with Gasteiger partial charge in [-0.1, -0.05) is 43.7 Å². The topological polar surface area (TPSA) is 35.5 Å². The second-order valence-electron chi connectivity index (χ2n) is 5.50. The maximum atomic E-state index is 12.5. The van der Waals surface area contributed by atoms with Crippen molar-refractivity contribution < 1.29 is 13.6 Å². The second kappa shape index (κ2) is 4.97. The third-order valence-electron chi connectivity index (χ3n) is 2.90. The Labute approximate surface area is 113 Å². The minimum absolute atomic E-state index is 0.113. The first-order valence-corrected chi connectivity index (χ1v) is 7.97. The lowest BCUT2D eigenvalue weighted by Gasteiger charge is -2.35. The number of hydrogen-bond donors (Lipinski definition) is 0. The average molecular weight is 289 g/mol. The van der Waals surface area contributed by atoms with Crippen LogP contribution < -0.4 is 0 Å². The quantitative estimate of drug-likeness (QED) is 0.594. The highest BCUT2D eigenvalue weighted by Gasteiger charge is 2.42. The molecular formula is C13H18ClO3P. The van der Waals surface area contributed by atoms with Gasteiger partial charge in [0.1, 0.15) is 0 Å². The molecule has 0 spiro atoms. The Morgan fingerprint density at radius 1 is 1.22 bits per heavy atom.